The number of piperazine rings is 1. The van der Waals surface area contributed by atoms with Gasteiger partial charge in [0.1, 0.15) is 0 Å². The van der Waals surface area contributed by atoms with Crippen LogP contribution in [0, 0.1) is 0 Å². The van der Waals surface area contributed by atoms with Crippen molar-refractivity contribution in [1.82, 2.24) is 30.0 Å². The Hall–Kier alpha value is -1.93. The standard InChI is InChI=1S/C18H26N6OS/c1-3-4-5-15-6-8-16(9-7-15)24-18(19-20-21-24)26-14-17(25)23-12-10-22(2)11-13-23/h6-9H,3-5,10-14H2,1-2H3. The molecule has 0 saturated carbocycles. The summed E-state index contributed by atoms with van der Waals surface area (Å²) in [5.74, 6) is 0.506. The molecule has 1 aliphatic heterocycles. The molecule has 0 radical (unpaired) electrons. The summed E-state index contributed by atoms with van der Waals surface area (Å²) in [4.78, 5) is 16.6. The van der Waals surface area contributed by atoms with Gasteiger partial charge in [0.05, 0.1) is 11.4 Å². The zero-order chi connectivity index (χ0) is 18.4. The molecule has 0 spiro atoms. The van der Waals surface area contributed by atoms with Crippen molar-refractivity contribution >= 4 is 17.7 Å². The average molecular weight is 375 g/mol. The molecule has 1 saturated heterocycles. The Bertz CT molecular complexity index is 709. The maximum absolute atomic E-state index is 12.4. The Morgan fingerprint density at radius 2 is 1.88 bits per heavy atom. The number of aryl methyl sites for hydroxylation is 1. The number of unbranched alkanes of at least 4 members (excludes halogenated alkanes) is 1. The van der Waals surface area contributed by atoms with E-state index in [1.165, 1.54) is 30.2 Å². The van der Waals surface area contributed by atoms with Crippen molar-refractivity contribution in [3.05, 3.63) is 29.8 Å². The molecule has 140 valence electrons. The van der Waals surface area contributed by atoms with Gasteiger partial charge in [0.2, 0.25) is 11.1 Å². The van der Waals surface area contributed by atoms with Crippen molar-refractivity contribution < 1.29 is 4.79 Å². The number of nitrogens with zero attached hydrogens (tertiary/aromatic N) is 6. The summed E-state index contributed by atoms with van der Waals surface area (Å²) in [6.45, 7) is 5.64. The number of aromatic nitrogens is 4. The maximum Gasteiger partial charge on any atom is 0.233 e. The van der Waals surface area contributed by atoms with Gasteiger partial charge in [0.25, 0.3) is 0 Å². The molecule has 0 unspecified atom stereocenters. The Morgan fingerprint density at radius 3 is 2.58 bits per heavy atom. The van der Waals surface area contributed by atoms with Crippen molar-refractivity contribution in [2.45, 2.75) is 31.3 Å². The van der Waals surface area contributed by atoms with Gasteiger partial charge in [-0.25, -0.2) is 0 Å². The third-order valence-corrected chi connectivity index (χ3v) is 5.53. The van der Waals surface area contributed by atoms with E-state index in [2.05, 4.69) is 46.5 Å². The van der Waals surface area contributed by atoms with Gasteiger partial charge in [-0.15, -0.1) is 5.10 Å². The summed E-state index contributed by atoms with van der Waals surface area (Å²) in [5, 5.41) is 12.6. The Kier molecular flexibility index (Phi) is 6.62. The van der Waals surface area contributed by atoms with Gasteiger partial charge in [0, 0.05) is 26.2 Å². The van der Waals surface area contributed by atoms with Crippen LogP contribution in [0.15, 0.2) is 29.4 Å². The van der Waals surface area contributed by atoms with Crippen LogP contribution in [0.1, 0.15) is 25.3 Å². The minimum atomic E-state index is 0.146. The van der Waals surface area contributed by atoms with Crippen LogP contribution in [0.2, 0.25) is 0 Å². The number of rotatable bonds is 7. The summed E-state index contributed by atoms with van der Waals surface area (Å²) in [6, 6.07) is 8.31. The highest BCUT2D eigenvalue weighted by molar-refractivity contribution is 7.99. The summed E-state index contributed by atoms with van der Waals surface area (Å²) < 4.78 is 1.70. The van der Waals surface area contributed by atoms with E-state index < -0.39 is 0 Å². The lowest BCUT2D eigenvalue weighted by Gasteiger charge is -2.32. The first kappa shape index (κ1) is 18.8. The SMILES string of the molecule is CCCCc1ccc(-n2nnnc2SCC(=O)N2CCN(C)CC2)cc1. The van der Waals surface area contributed by atoms with Gasteiger partial charge in [-0.3, -0.25) is 4.79 Å². The lowest BCUT2D eigenvalue weighted by atomic mass is 10.1. The van der Waals surface area contributed by atoms with Gasteiger partial charge in [-0.05, 0) is 48.0 Å². The molecule has 0 aliphatic carbocycles. The second-order valence-electron chi connectivity index (χ2n) is 6.62. The number of likely N-dealkylation sites (N-methyl/N-ethyl adjacent to an activating group) is 1. The van der Waals surface area contributed by atoms with Crippen LogP contribution in [0.5, 0.6) is 0 Å². The van der Waals surface area contributed by atoms with Crippen LogP contribution in [0.25, 0.3) is 5.69 Å². The number of carbonyl (C=O) groups is 1. The van der Waals surface area contributed by atoms with Crippen molar-refractivity contribution in [3.63, 3.8) is 0 Å². The minimum absolute atomic E-state index is 0.146. The van der Waals surface area contributed by atoms with E-state index in [1.54, 1.807) is 4.68 Å². The highest BCUT2D eigenvalue weighted by Gasteiger charge is 2.20. The summed E-state index contributed by atoms with van der Waals surface area (Å²) >= 11 is 1.39. The summed E-state index contributed by atoms with van der Waals surface area (Å²) in [6.07, 6.45) is 3.48. The predicted octanol–water partition coefficient (Wildman–Crippen LogP) is 1.87. The third kappa shape index (κ3) is 4.82. The quantitative estimate of drug-likeness (QED) is 0.689. The first-order chi connectivity index (χ1) is 12.7. The predicted molar refractivity (Wildman–Crippen MR) is 103 cm³/mol. The van der Waals surface area contributed by atoms with Crippen LogP contribution in [-0.2, 0) is 11.2 Å². The lowest BCUT2D eigenvalue weighted by molar-refractivity contribution is -0.129. The van der Waals surface area contributed by atoms with Crippen molar-refractivity contribution in [1.29, 1.82) is 0 Å². The summed E-state index contributed by atoms with van der Waals surface area (Å²) in [7, 11) is 2.08. The topological polar surface area (TPSA) is 67.2 Å². The fraction of sp³-hybridized carbons (Fsp3) is 0.556. The molecule has 2 aromatic rings. The van der Waals surface area contributed by atoms with E-state index in [9.17, 15) is 4.79 Å². The van der Waals surface area contributed by atoms with Crippen LogP contribution < -0.4 is 0 Å². The number of hydrogen-bond donors (Lipinski definition) is 0. The molecule has 0 N–H and O–H groups in total. The van der Waals surface area contributed by atoms with Crippen molar-refractivity contribution in [2.75, 3.05) is 39.0 Å². The van der Waals surface area contributed by atoms with Crippen molar-refractivity contribution in [3.8, 4) is 5.69 Å². The fourth-order valence-corrected chi connectivity index (χ4v) is 3.68. The number of carbonyl (C=O) groups excluding carboxylic acids is 1. The van der Waals surface area contributed by atoms with E-state index in [4.69, 9.17) is 0 Å². The van der Waals surface area contributed by atoms with Crippen LogP contribution in [-0.4, -0.2) is 74.9 Å². The van der Waals surface area contributed by atoms with Crippen LogP contribution in [0.4, 0.5) is 0 Å². The third-order valence-electron chi connectivity index (χ3n) is 4.62. The van der Waals surface area contributed by atoms with E-state index in [0.29, 0.717) is 10.9 Å². The van der Waals surface area contributed by atoms with Crippen LogP contribution in [0.3, 0.4) is 0 Å². The molecule has 1 aliphatic rings. The largest absolute Gasteiger partial charge is 0.339 e. The van der Waals surface area contributed by atoms with Gasteiger partial charge in [-0.2, -0.15) is 4.68 Å². The fourth-order valence-electron chi connectivity index (χ4n) is 2.89. The normalized spacial score (nSPS) is 15.4. The molecule has 1 fully saturated rings. The molecule has 26 heavy (non-hydrogen) atoms. The van der Waals surface area contributed by atoms with E-state index in [-0.39, 0.29) is 5.91 Å². The second kappa shape index (κ2) is 9.14. The van der Waals surface area contributed by atoms with E-state index in [0.717, 1.165) is 38.3 Å². The highest BCUT2D eigenvalue weighted by atomic mass is 32.2. The molecular formula is C18H26N6OS. The highest BCUT2D eigenvalue weighted by Crippen LogP contribution is 2.19. The molecule has 7 nitrogen and oxygen atoms in total. The van der Waals surface area contributed by atoms with Crippen molar-refractivity contribution in [2.24, 2.45) is 0 Å². The second-order valence-corrected chi connectivity index (χ2v) is 7.56. The number of thioether (sulfide) groups is 1. The molecule has 1 aromatic heterocycles. The van der Waals surface area contributed by atoms with E-state index >= 15 is 0 Å². The van der Waals surface area contributed by atoms with Gasteiger partial charge >= 0.3 is 0 Å². The van der Waals surface area contributed by atoms with Crippen LogP contribution >= 0.6 is 11.8 Å². The molecule has 8 heteroatoms. The Labute approximate surface area is 158 Å². The molecule has 0 bridgehead atoms. The average Bonchev–Trinajstić information content (AvgIpc) is 3.14. The number of hydrogen-bond acceptors (Lipinski definition) is 6. The summed E-state index contributed by atoms with van der Waals surface area (Å²) in [5.41, 5.74) is 2.24. The zero-order valence-corrected chi connectivity index (χ0v) is 16.3. The number of benzene rings is 1. The Balaban J connectivity index is 1.59. The lowest BCUT2D eigenvalue weighted by Crippen LogP contribution is -2.47. The van der Waals surface area contributed by atoms with Gasteiger partial charge in [0.15, 0.2) is 0 Å². The number of amides is 1. The molecule has 1 amide bonds. The minimum Gasteiger partial charge on any atom is -0.339 e. The first-order valence-electron chi connectivity index (χ1n) is 9.14. The molecule has 1 aromatic carbocycles. The zero-order valence-electron chi connectivity index (χ0n) is 15.5. The van der Waals surface area contributed by atoms with Gasteiger partial charge < -0.3 is 9.80 Å². The molecule has 3 rings (SSSR count). The smallest absolute Gasteiger partial charge is 0.233 e. The van der Waals surface area contributed by atoms with Gasteiger partial charge in [-0.1, -0.05) is 37.2 Å². The van der Waals surface area contributed by atoms with E-state index in [1.807, 2.05) is 17.0 Å². The maximum atomic E-state index is 12.4. The first-order valence-corrected chi connectivity index (χ1v) is 10.1. The molecule has 2 heterocycles. The monoisotopic (exact) mass is 374 g/mol. The Morgan fingerprint density at radius 1 is 1.15 bits per heavy atom. The molecular weight excluding hydrogens is 348 g/mol. The number of tetrazole rings is 1. The molecule has 0 atom stereocenters.